The summed E-state index contributed by atoms with van der Waals surface area (Å²) in [5, 5.41) is 11.9. The van der Waals surface area contributed by atoms with Gasteiger partial charge in [-0.3, -0.25) is 4.79 Å². The van der Waals surface area contributed by atoms with Crippen molar-refractivity contribution in [2.45, 2.75) is 25.8 Å². The van der Waals surface area contributed by atoms with Gasteiger partial charge in [-0.25, -0.2) is 4.79 Å². The fourth-order valence-corrected chi connectivity index (χ4v) is 3.09. The predicted octanol–water partition coefficient (Wildman–Crippen LogP) is 1.41. The van der Waals surface area contributed by atoms with Crippen molar-refractivity contribution in [1.29, 1.82) is 0 Å². The molecule has 2 amide bonds. The minimum atomic E-state index is -0.833. The maximum atomic E-state index is 12.2. The summed E-state index contributed by atoms with van der Waals surface area (Å²) in [6, 6.07) is 5.73. The van der Waals surface area contributed by atoms with Gasteiger partial charge in [0, 0.05) is 13.1 Å². The number of rotatable bonds is 2. The minimum Gasteiger partial charge on any atom is -0.491 e. The van der Waals surface area contributed by atoms with Crippen molar-refractivity contribution in [2.75, 3.05) is 19.7 Å². The highest BCUT2D eigenvalue weighted by Crippen LogP contribution is 2.28. The first-order valence-electron chi connectivity index (χ1n) is 7.54. The van der Waals surface area contributed by atoms with Crippen molar-refractivity contribution < 1.29 is 19.4 Å². The highest BCUT2D eigenvalue weighted by molar-refractivity contribution is 5.77. The average molecular weight is 304 g/mol. The van der Waals surface area contributed by atoms with Gasteiger partial charge in [-0.15, -0.1) is 0 Å². The first kappa shape index (κ1) is 14.7. The molecule has 0 spiro atoms. The molecule has 6 heteroatoms. The number of carboxylic acids is 1. The van der Waals surface area contributed by atoms with Gasteiger partial charge in [-0.2, -0.15) is 0 Å². The van der Waals surface area contributed by atoms with Gasteiger partial charge in [-0.05, 0) is 30.9 Å². The summed E-state index contributed by atoms with van der Waals surface area (Å²) in [6.45, 7) is 3.23. The number of urea groups is 1. The van der Waals surface area contributed by atoms with E-state index in [0.29, 0.717) is 19.6 Å². The molecule has 0 aliphatic carbocycles. The summed E-state index contributed by atoms with van der Waals surface area (Å²) in [5.41, 5.74) is 2.20. The van der Waals surface area contributed by atoms with Crippen molar-refractivity contribution in [2.24, 2.45) is 5.92 Å². The van der Waals surface area contributed by atoms with Crippen LogP contribution in [0.25, 0.3) is 0 Å². The summed E-state index contributed by atoms with van der Waals surface area (Å²) >= 11 is 0. The highest BCUT2D eigenvalue weighted by atomic mass is 16.5. The van der Waals surface area contributed by atoms with Crippen LogP contribution in [0.1, 0.15) is 17.5 Å². The maximum Gasteiger partial charge on any atom is 0.317 e. The molecule has 1 fully saturated rings. The predicted molar refractivity (Wildman–Crippen MR) is 80.0 cm³/mol. The van der Waals surface area contributed by atoms with E-state index in [4.69, 9.17) is 9.84 Å². The molecule has 118 valence electrons. The Morgan fingerprint density at radius 1 is 1.41 bits per heavy atom. The Kier molecular flexibility index (Phi) is 3.92. The van der Waals surface area contributed by atoms with Crippen LogP contribution >= 0.6 is 0 Å². The third-order valence-electron chi connectivity index (χ3n) is 4.34. The second kappa shape index (κ2) is 5.87. The molecule has 2 aliphatic heterocycles. The van der Waals surface area contributed by atoms with Crippen LogP contribution in [0.3, 0.4) is 0 Å². The molecule has 0 bridgehead atoms. The molecule has 0 saturated carbocycles. The number of aliphatic carboxylic acids is 1. The smallest absolute Gasteiger partial charge is 0.317 e. The molecule has 1 saturated heterocycles. The molecule has 1 aromatic rings. The van der Waals surface area contributed by atoms with E-state index in [1.54, 1.807) is 4.90 Å². The molecule has 2 N–H and O–H groups in total. The Morgan fingerprint density at radius 2 is 2.23 bits per heavy atom. The van der Waals surface area contributed by atoms with Crippen LogP contribution in [0.5, 0.6) is 5.75 Å². The quantitative estimate of drug-likeness (QED) is 0.866. The molecule has 2 unspecified atom stereocenters. The molecule has 2 aliphatic rings. The average Bonchev–Trinajstić information content (AvgIpc) is 2.97. The Labute approximate surface area is 129 Å². The van der Waals surface area contributed by atoms with Crippen molar-refractivity contribution in [3.63, 3.8) is 0 Å². The van der Waals surface area contributed by atoms with Crippen LogP contribution < -0.4 is 10.1 Å². The van der Waals surface area contributed by atoms with E-state index >= 15 is 0 Å². The van der Waals surface area contributed by atoms with Gasteiger partial charge in [0.2, 0.25) is 0 Å². The standard InChI is InChI=1S/C16H20N2O4/c1-10-3-2-4-11-7-13(9-22-14(10)11)17-16(21)18-6-5-12(8-18)15(19)20/h2-4,12-13H,5-9H2,1H3,(H,17,21)(H,19,20). The second-order valence-electron chi connectivity index (χ2n) is 5.99. The summed E-state index contributed by atoms with van der Waals surface area (Å²) in [7, 11) is 0. The summed E-state index contributed by atoms with van der Waals surface area (Å²) in [5.74, 6) is -0.363. The third-order valence-corrected chi connectivity index (χ3v) is 4.34. The zero-order valence-electron chi connectivity index (χ0n) is 12.5. The van der Waals surface area contributed by atoms with Gasteiger partial charge in [0.25, 0.3) is 0 Å². The Morgan fingerprint density at radius 3 is 2.95 bits per heavy atom. The van der Waals surface area contributed by atoms with Crippen LogP contribution in [0.15, 0.2) is 18.2 Å². The molecule has 22 heavy (non-hydrogen) atoms. The molecule has 2 atom stereocenters. The lowest BCUT2D eigenvalue weighted by Crippen LogP contribution is -2.48. The number of benzene rings is 1. The zero-order valence-corrected chi connectivity index (χ0v) is 12.5. The topological polar surface area (TPSA) is 78.9 Å². The van der Waals surface area contributed by atoms with Crippen molar-refractivity contribution in [3.8, 4) is 5.75 Å². The number of nitrogens with one attached hydrogen (secondary N) is 1. The fraction of sp³-hybridized carbons (Fsp3) is 0.500. The van der Waals surface area contributed by atoms with Gasteiger partial charge < -0.3 is 20.1 Å². The van der Waals surface area contributed by atoms with Crippen molar-refractivity contribution in [3.05, 3.63) is 29.3 Å². The number of hydrogen-bond acceptors (Lipinski definition) is 3. The fourth-order valence-electron chi connectivity index (χ4n) is 3.09. The normalized spacial score (nSPS) is 23.6. The highest BCUT2D eigenvalue weighted by Gasteiger charge is 2.32. The van der Waals surface area contributed by atoms with Crippen LogP contribution in [0.2, 0.25) is 0 Å². The number of hydrogen-bond donors (Lipinski definition) is 2. The number of likely N-dealkylation sites (tertiary alicyclic amines) is 1. The van der Waals surface area contributed by atoms with Gasteiger partial charge in [0.05, 0.1) is 12.0 Å². The van der Waals surface area contributed by atoms with Crippen molar-refractivity contribution >= 4 is 12.0 Å². The van der Waals surface area contributed by atoms with E-state index in [2.05, 4.69) is 5.32 Å². The van der Waals surface area contributed by atoms with Crippen LogP contribution in [-0.4, -0.2) is 47.7 Å². The number of ether oxygens (including phenoxy) is 1. The summed E-state index contributed by atoms with van der Waals surface area (Å²) in [4.78, 5) is 24.8. The number of carbonyl (C=O) groups excluding carboxylic acids is 1. The van der Waals surface area contributed by atoms with Crippen LogP contribution in [0, 0.1) is 12.8 Å². The van der Waals surface area contributed by atoms with Crippen LogP contribution in [0.4, 0.5) is 4.79 Å². The van der Waals surface area contributed by atoms with Gasteiger partial charge in [-0.1, -0.05) is 18.2 Å². The molecular formula is C16H20N2O4. The number of amides is 2. The minimum absolute atomic E-state index is 0.0781. The SMILES string of the molecule is Cc1cccc2c1OCC(NC(=O)N1CCC(C(=O)O)C1)C2. The lowest BCUT2D eigenvalue weighted by atomic mass is 10.00. The van der Waals surface area contributed by atoms with Gasteiger partial charge in [0.1, 0.15) is 12.4 Å². The first-order chi connectivity index (χ1) is 10.5. The Hall–Kier alpha value is -2.24. The molecule has 0 radical (unpaired) electrons. The van der Waals surface area contributed by atoms with Gasteiger partial charge in [0.15, 0.2) is 0 Å². The molecular weight excluding hydrogens is 284 g/mol. The van der Waals surface area contributed by atoms with E-state index in [-0.39, 0.29) is 18.6 Å². The number of fused-ring (bicyclic) bond motifs is 1. The number of carbonyl (C=O) groups is 2. The van der Waals surface area contributed by atoms with Crippen LogP contribution in [-0.2, 0) is 11.2 Å². The van der Waals surface area contributed by atoms with Gasteiger partial charge >= 0.3 is 12.0 Å². The van der Waals surface area contributed by atoms with E-state index < -0.39 is 11.9 Å². The zero-order chi connectivity index (χ0) is 15.7. The number of para-hydroxylation sites is 1. The molecule has 3 rings (SSSR count). The molecule has 2 heterocycles. The number of aryl methyl sites for hydroxylation is 1. The largest absolute Gasteiger partial charge is 0.491 e. The molecule has 0 aromatic heterocycles. The van der Waals surface area contributed by atoms with Crippen molar-refractivity contribution in [1.82, 2.24) is 10.2 Å². The third kappa shape index (κ3) is 2.86. The number of nitrogens with zero attached hydrogens (tertiary/aromatic N) is 1. The summed E-state index contributed by atoms with van der Waals surface area (Å²) in [6.07, 6.45) is 1.25. The summed E-state index contributed by atoms with van der Waals surface area (Å²) < 4.78 is 5.76. The maximum absolute atomic E-state index is 12.2. The Balaban J connectivity index is 1.59. The molecule has 6 nitrogen and oxygen atoms in total. The Bertz CT molecular complexity index is 602. The van der Waals surface area contributed by atoms with E-state index in [0.717, 1.165) is 23.3 Å². The molecule has 1 aromatic carbocycles. The lowest BCUT2D eigenvalue weighted by Gasteiger charge is -2.28. The first-order valence-corrected chi connectivity index (χ1v) is 7.54. The second-order valence-corrected chi connectivity index (χ2v) is 5.99. The van der Waals surface area contributed by atoms with E-state index in [9.17, 15) is 9.59 Å². The van der Waals surface area contributed by atoms with E-state index in [1.165, 1.54) is 0 Å². The van der Waals surface area contributed by atoms with E-state index in [1.807, 2.05) is 25.1 Å². The number of carboxylic acid groups (broad SMARTS) is 1. The lowest BCUT2D eigenvalue weighted by molar-refractivity contribution is -0.141. The monoisotopic (exact) mass is 304 g/mol.